The number of benzene rings is 1. The summed E-state index contributed by atoms with van der Waals surface area (Å²) in [4.78, 5) is 10.3. The van der Waals surface area contributed by atoms with E-state index in [0.29, 0.717) is 36.7 Å². The number of nitrogens with two attached hydrogens (primary N) is 2. The molecule has 0 unspecified atom stereocenters. The number of halogens is 4. The Morgan fingerprint density at radius 1 is 1.22 bits per heavy atom. The van der Waals surface area contributed by atoms with Crippen molar-refractivity contribution in [2.45, 2.75) is 41.4 Å². The van der Waals surface area contributed by atoms with Gasteiger partial charge < -0.3 is 16.4 Å². The number of alkyl halides is 3. The number of rotatable bonds is 3. The Kier molecular flexibility index (Phi) is 5.22. The molecule has 1 aliphatic rings. The number of hydrogen-bond acceptors (Lipinski definition) is 6. The summed E-state index contributed by atoms with van der Waals surface area (Å²) < 4.78 is 52.6. The standard InChI is InChI=1S/C17H19F4N5S/c1-16(23)4-6-26(7-5-16)13-9-24-15(14(22)25-13)27-12-3-2-10(18)8-11(12)17(19,20)21/h2-3,8-9H,4-7,23H2,1H3,(H2,22,25). The normalized spacial score (nSPS) is 17.2. The van der Waals surface area contributed by atoms with Gasteiger partial charge in [-0.3, -0.25) is 0 Å². The van der Waals surface area contributed by atoms with Gasteiger partial charge in [0, 0.05) is 23.5 Å². The SMILES string of the molecule is CC1(N)CCN(c2cnc(Sc3ccc(F)cc3C(F)(F)F)c(N)n2)CC1. The second-order valence-corrected chi connectivity index (χ2v) is 7.83. The fourth-order valence-electron chi connectivity index (χ4n) is 2.78. The van der Waals surface area contributed by atoms with E-state index in [1.54, 1.807) is 0 Å². The Morgan fingerprint density at radius 3 is 2.48 bits per heavy atom. The van der Waals surface area contributed by atoms with Crippen LogP contribution < -0.4 is 16.4 Å². The average molecular weight is 401 g/mol. The van der Waals surface area contributed by atoms with Crippen LogP contribution >= 0.6 is 11.8 Å². The van der Waals surface area contributed by atoms with Crippen molar-refractivity contribution in [2.75, 3.05) is 23.7 Å². The Balaban J connectivity index is 1.82. The van der Waals surface area contributed by atoms with E-state index in [9.17, 15) is 17.6 Å². The predicted molar refractivity (Wildman–Crippen MR) is 96.0 cm³/mol. The van der Waals surface area contributed by atoms with Gasteiger partial charge in [-0.15, -0.1) is 0 Å². The highest BCUT2D eigenvalue weighted by atomic mass is 32.2. The van der Waals surface area contributed by atoms with Crippen LogP contribution in [-0.4, -0.2) is 28.6 Å². The van der Waals surface area contributed by atoms with Gasteiger partial charge in [0.25, 0.3) is 0 Å². The molecule has 1 fully saturated rings. The van der Waals surface area contributed by atoms with Gasteiger partial charge in [0.15, 0.2) is 5.82 Å². The quantitative estimate of drug-likeness (QED) is 0.764. The van der Waals surface area contributed by atoms with E-state index in [1.807, 2.05) is 11.8 Å². The zero-order chi connectivity index (χ0) is 19.8. The van der Waals surface area contributed by atoms with Gasteiger partial charge in [-0.1, -0.05) is 11.8 Å². The lowest BCUT2D eigenvalue weighted by Crippen LogP contribution is -2.48. The number of aromatic nitrogens is 2. The maximum atomic E-state index is 13.2. The molecule has 10 heteroatoms. The highest BCUT2D eigenvalue weighted by Crippen LogP contribution is 2.40. The molecule has 2 heterocycles. The minimum absolute atomic E-state index is 0.0241. The Bertz CT molecular complexity index is 831. The highest BCUT2D eigenvalue weighted by molar-refractivity contribution is 7.99. The first-order valence-corrected chi connectivity index (χ1v) is 9.08. The second kappa shape index (κ2) is 7.16. The molecular formula is C17H19F4N5S. The maximum absolute atomic E-state index is 13.2. The Labute approximate surface area is 158 Å². The molecule has 3 rings (SSSR count). The smallest absolute Gasteiger partial charge is 0.381 e. The molecule has 0 bridgehead atoms. The third-order valence-electron chi connectivity index (χ3n) is 4.43. The molecule has 4 N–H and O–H groups in total. The van der Waals surface area contributed by atoms with Crippen LogP contribution in [0.4, 0.5) is 29.2 Å². The van der Waals surface area contributed by atoms with Crippen LogP contribution in [-0.2, 0) is 6.18 Å². The van der Waals surface area contributed by atoms with Crippen molar-refractivity contribution in [1.82, 2.24) is 9.97 Å². The van der Waals surface area contributed by atoms with Gasteiger partial charge in [-0.25, -0.2) is 14.4 Å². The lowest BCUT2D eigenvalue weighted by molar-refractivity contribution is -0.139. The lowest BCUT2D eigenvalue weighted by Gasteiger charge is -2.37. The summed E-state index contributed by atoms with van der Waals surface area (Å²) in [5, 5.41) is 0.136. The van der Waals surface area contributed by atoms with E-state index in [0.717, 1.165) is 25.0 Å². The molecule has 1 aliphatic heterocycles. The van der Waals surface area contributed by atoms with Gasteiger partial charge in [0.2, 0.25) is 0 Å². The van der Waals surface area contributed by atoms with Gasteiger partial charge in [-0.05, 0) is 38.0 Å². The number of piperidine rings is 1. The summed E-state index contributed by atoms with van der Waals surface area (Å²) in [7, 11) is 0. The van der Waals surface area contributed by atoms with Crippen molar-refractivity contribution in [2.24, 2.45) is 5.73 Å². The van der Waals surface area contributed by atoms with Crippen molar-refractivity contribution >= 4 is 23.4 Å². The molecule has 1 saturated heterocycles. The van der Waals surface area contributed by atoms with Crippen LogP contribution in [0.5, 0.6) is 0 Å². The van der Waals surface area contributed by atoms with Crippen LogP contribution in [0.2, 0.25) is 0 Å². The largest absolute Gasteiger partial charge is 0.417 e. The second-order valence-electron chi connectivity index (χ2n) is 6.80. The van der Waals surface area contributed by atoms with Crippen LogP contribution in [0.1, 0.15) is 25.3 Å². The summed E-state index contributed by atoms with van der Waals surface area (Å²) in [5.74, 6) is -0.378. The molecule has 27 heavy (non-hydrogen) atoms. The monoisotopic (exact) mass is 401 g/mol. The third-order valence-corrected chi connectivity index (χ3v) is 5.52. The van der Waals surface area contributed by atoms with Crippen LogP contribution in [0, 0.1) is 5.82 Å². The first-order chi connectivity index (χ1) is 12.5. The molecule has 5 nitrogen and oxygen atoms in total. The third kappa shape index (κ3) is 4.62. The topological polar surface area (TPSA) is 81.1 Å². The minimum atomic E-state index is -4.69. The van der Waals surface area contributed by atoms with E-state index >= 15 is 0 Å². The van der Waals surface area contributed by atoms with Gasteiger partial charge >= 0.3 is 6.18 Å². The summed E-state index contributed by atoms with van der Waals surface area (Å²) in [5.41, 5.74) is 10.7. The van der Waals surface area contributed by atoms with E-state index in [2.05, 4.69) is 9.97 Å². The molecule has 0 aliphatic carbocycles. The molecule has 0 saturated carbocycles. The van der Waals surface area contributed by atoms with E-state index in [4.69, 9.17) is 11.5 Å². The number of nitrogen functional groups attached to an aromatic ring is 1. The Morgan fingerprint density at radius 2 is 1.89 bits per heavy atom. The fraction of sp³-hybridized carbons (Fsp3) is 0.412. The minimum Gasteiger partial charge on any atom is -0.381 e. The van der Waals surface area contributed by atoms with Gasteiger partial charge in [-0.2, -0.15) is 13.2 Å². The van der Waals surface area contributed by atoms with Crippen molar-refractivity contribution in [1.29, 1.82) is 0 Å². The molecule has 146 valence electrons. The summed E-state index contributed by atoms with van der Waals surface area (Å²) >= 11 is 0.708. The zero-order valence-corrected chi connectivity index (χ0v) is 15.4. The van der Waals surface area contributed by atoms with Crippen LogP contribution in [0.15, 0.2) is 34.3 Å². The molecule has 1 aromatic heterocycles. The molecule has 0 spiro atoms. The molecule has 0 radical (unpaired) electrons. The number of anilines is 2. The number of hydrogen-bond donors (Lipinski definition) is 2. The molecule has 2 aromatic rings. The fourth-order valence-corrected chi connectivity index (χ4v) is 3.66. The summed E-state index contributed by atoms with van der Waals surface area (Å²) in [6, 6.07) is 2.48. The van der Waals surface area contributed by atoms with Crippen LogP contribution in [0.3, 0.4) is 0 Å². The maximum Gasteiger partial charge on any atom is 0.417 e. The molecule has 0 atom stereocenters. The highest BCUT2D eigenvalue weighted by Gasteiger charge is 2.34. The van der Waals surface area contributed by atoms with E-state index in [-0.39, 0.29) is 21.3 Å². The van der Waals surface area contributed by atoms with E-state index < -0.39 is 17.6 Å². The lowest BCUT2D eigenvalue weighted by atomic mass is 9.91. The first kappa shape index (κ1) is 19.7. The van der Waals surface area contributed by atoms with Crippen LogP contribution in [0.25, 0.3) is 0 Å². The zero-order valence-electron chi connectivity index (χ0n) is 14.6. The first-order valence-electron chi connectivity index (χ1n) is 8.26. The molecule has 0 amide bonds. The van der Waals surface area contributed by atoms with Crippen molar-refractivity contribution in [3.8, 4) is 0 Å². The van der Waals surface area contributed by atoms with Crippen molar-refractivity contribution in [3.05, 3.63) is 35.8 Å². The van der Waals surface area contributed by atoms with Gasteiger partial charge in [0.05, 0.1) is 11.8 Å². The molecule has 1 aromatic carbocycles. The average Bonchev–Trinajstić information content (AvgIpc) is 2.57. The van der Waals surface area contributed by atoms with Crippen molar-refractivity contribution in [3.63, 3.8) is 0 Å². The Hall–Kier alpha value is -2.07. The molecular weight excluding hydrogens is 382 g/mol. The van der Waals surface area contributed by atoms with Crippen molar-refractivity contribution < 1.29 is 17.6 Å². The van der Waals surface area contributed by atoms with Gasteiger partial charge in [0.1, 0.15) is 16.7 Å². The summed E-state index contributed by atoms with van der Waals surface area (Å²) in [6.07, 6.45) is -1.63. The predicted octanol–water partition coefficient (Wildman–Crippen LogP) is 3.69. The van der Waals surface area contributed by atoms with E-state index in [1.165, 1.54) is 6.20 Å². The summed E-state index contributed by atoms with van der Waals surface area (Å²) in [6.45, 7) is 3.39. The number of nitrogens with zero attached hydrogens (tertiary/aromatic N) is 3.